The van der Waals surface area contributed by atoms with Crippen molar-refractivity contribution in [1.29, 1.82) is 0 Å². The smallest absolute Gasteiger partial charge is 0.316 e. The summed E-state index contributed by atoms with van der Waals surface area (Å²) in [6, 6.07) is 0.480. The van der Waals surface area contributed by atoms with Gasteiger partial charge in [0.05, 0.1) is 12.6 Å². The largest absolute Gasteiger partial charge is 0.407 e. The number of aromatic nitrogens is 3. The molecule has 2 rings (SSSR count). The van der Waals surface area contributed by atoms with Gasteiger partial charge >= 0.3 is 6.01 Å². The van der Waals surface area contributed by atoms with Gasteiger partial charge in [0.2, 0.25) is 5.89 Å². The normalized spacial score (nSPS) is 13.4. The minimum Gasteiger partial charge on any atom is -0.407 e. The molecule has 0 aliphatic carbocycles. The Kier molecular flexibility index (Phi) is 4.39. The van der Waals surface area contributed by atoms with Crippen LogP contribution < -0.4 is 10.6 Å². The van der Waals surface area contributed by atoms with Crippen LogP contribution in [-0.2, 0) is 6.54 Å². The summed E-state index contributed by atoms with van der Waals surface area (Å²) in [5.74, 6) is 0.574. The second-order valence-electron chi connectivity index (χ2n) is 5.80. The van der Waals surface area contributed by atoms with Gasteiger partial charge in [-0.25, -0.2) is 4.98 Å². The Hall–Kier alpha value is -1.47. The molecule has 2 aromatic rings. The van der Waals surface area contributed by atoms with Crippen LogP contribution in [0.2, 0.25) is 0 Å². The molecule has 20 heavy (non-hydrogen) atoms. The Bertz CT molecular complexity index is 557. The zero-order chi connectivity index (χ0) is 14.8. The van der Waals surface area contributed by atoms with E-state index in [0.29, 0.717) is 18.5 Å². The van der Waals surface area contributed by atoms with Crippen molar-refractivity contribution >= 4 is 17.4 Å². The molecule has 0 aromatic carbocycles. The summed E-state index contributed by atoms with van der Waals surface area (Å²) in [4.78, 5) is 4.44. The maximum atomic E-state index is 5.56. The Morgan fingerprint density at radius 3 is 2.70 bits per heavy atom. The molecule has 7 heteroatoms. The van der Waals surface area contributed by atoms with Crippen molar-refractivity contribution in [2.45, 2.75) is 52.7 Å². The lowest BCUT2D eigenvalue weighted by Gasteiger charge is -2.18. The molecule has 0 spiro atoms. The Morgan fingerprint density at radius 1 is 1.35 bits per heavy atom. The third-order valence-electron chi connectivity index (χ3n) is 2.58. The topological polar surface area (TPSA) is 75.9 Å². The fourth-order valence-corrected chi connectivity index (χ4v) is 2.35. The summed E-state index contributed by atoms with van der Waals surface area (Å²) in [6.07, 6.45) is 0. The molecule has 0 aliphatic heterocycles. The number of rotatable bonds is 5. The Morgan fingerprint density at radius 2 is 2.10 bits per heavy atom. The molecule has 0 fully saturated rings. The highest BCUT2D eigenvalue weighted by Gasteiger charge is 2.15. The van der Waals surface area contributed by atoms with Crippen molar-refractivity contribution in [3.63, 3.8) is 0 Å². The lowest BCUT2D eigenvalue weighted by molar-refractivity contribution is 0.383. The monoisotopic (exact) mass is 295 g/mol. The molecule has 1 unspecified atom stereocenters. The molecular weight excluding hydrogens is 274 g/mol. The second-order valence-corrected chi connectivity index (χ2v) is 6.69. The number of hydrogen-bond acceptors (Lipinski definition) is 7. The van der Waals surface area contributed by atoms with E-state index in [2.05, 4.69) is 46.6 Å². The van der Waals surface area contributed by atoms with E-state index in [0.717, 1.165) is 10.7 Å². The van der Waals surface area contributed by atoms with E-state index in [1.807, 2.05) is 19.2 Å². The average Bonchev–Trinajstić information content (AvgIpc) is 2.95. The third kappa shape index (κ3) is 4.28. The molecule has 2 N–H and O–H groups in total. The first kappa shape index (κ1) is 14.9. The predicted octanol–water partition coefficient (Wildman–Crippen LogP) is 2.90. The van der Waals surface area contributed by atoms with Crippen molar-refractivity contribution < 1.29 is 4.42 Å². The van der Waals surface area contributed by atoms with E-state index < -0.39 is 0 Å². The van der Waals surface area contributed by atoms with E-state index in [-0.39, 0.29) is 11.6 Å². The van der Waals surface area contributed by atoms with Crippen molar-refractivity contribution in [2.75, 3.05) is 5.32 Å². The molecule has 0 saturated carbocycles. The van der Waals surface area contributed by atoms with Gasteiger partial charge in [0.15, 0.2) is 0 Å². The molecule has 6 nitrogen and oxygen atoms in total. The first-order valence-electron chi connectivity index (χ1n) is 6.59. The number of nitrogens with one attached hydrogen (secondary N) is 2. The highest BCUT2D eigenvalue weighted by atomic mass is 32.1. The van der Waals surface area contributed by atoms with Crippen LogP contribution in [0.5, 0.6) is 0 Å². The van der Waals surface area contributed by atoms with Crippen molar-refractivity contribution in [2.24, 2.45) is 0 Å². The number of hydrogen-bond donors (Lipinski definition) is 2. The number of anilines is 1. The highest BCUT2D eigenvalue weighted by Crippen LogP contribution is 2.21. The average molecular weight is 295 g/mol. The molecule has 110 valence electrons. The summed E-state index contributed by atoms with van der Waals surface area (Å²) in [7, 11) is 0. The number of thiazole rings is 1. The Balaban J connectivity index is 1.92. The molecular formula is C13H21N5OS. The van der Waals surface area contributed by atoms with Gasteiger partial charge in [0, 0.05) is 16.6 Å². The molecule has 0 bridgehead atoms. The fourth-order valence-electron chi connectivity index (χ4n) is 1.54. The minimum absolute atomic E-state index is 0.0216. The summed E-state index contributed by atoms with van der Waals surface area (Å²) in [5, 5.41) is 17.5. The highest BCUT2D eigenvalue weighted by molar-refractivity contribution is 7.09. The first-order chi connectivity index (χ1) is 9.33. The SMILES string of the molecule is Cc1csc(C(C)Nc2nnc(CNC(C)(C)C)o2)n1. The van der Waals surface area contributed by atoms with Crippen LogP contribution in [0.1, 0.15) is 50.3 Å². The third-order valence-corrected chi connectivity index (χ3v) is 3.73. The standard InChI is InChI=1S/C13H21N5OS/c1-8-7-20-11(15-8)9(2)16-12-18-17-10(19-12)6-14-13(3,4)5/h7,9,14H,6H2,1-5H3,(H,16,18). The molecule has 0 aliphatic rings. The molecule has 0 amide bonds. The zero-order valence-electron chi connectivity index (χ0n) is 12.5. The van der Waals surface area contributed by atoms with Gasteiger partial charge in [-0.1, -0.05) is 5.10 Å². The molecule has 0 radical (unpaired) electrons. The van der Waals surface area contributed by atoms with Gasteiger partial charge in [0.25, 0.3) is 0 Å². The van der Waals surface area contributed by atoms with Crippen LogP contribution in [-0.4, -0.2) is 20.7 Å². The van der Waals surface area contributed by atoms with Gasteiger partial charge in [0.1, 0.15) is 5.01 Å². The van der Waals surface area contributed by atoms with Crippen LogP contribution in [0.3, 0.4) is 0 Å². The lowest BCUT2D eigenvalue weighted by atomic mass is 10.1. The Labute approximate surface area is 123 Å². The van der Waals surface area contributed by atoms with Crippen LogP contribution in [0.15, 0.2) is 9.80 Å². The molecule has 2 heterocycles. The summed E-state index contributed by atoms with van der Waals surface area (Å²) >= 11 is 1.62. The molecule has 2 aromatic heterocycles. The maximum Gasteiger partial charge on any atom is 0.316 e. The van der Waals surface area contributed by atoms with E-state index in [1.165, 1.54) is 0 Å². The van der Waals surface area contributed by atoms with Gasteiger partial charge in [-0.3, -0.25) is 0 Å². The van der Waals surface area contributed by atoms with Crippen molar-refractivity contribution in [1.82, 2.24) is 20.5 Å². The van der Waals surface area contributed by atoms with Gasteiger partial charge < -0.3 is 15.1 Å². The van der Waals surface area contributed by atoms with Crippen LogP contribution in [0, 0.1) is 6.92 Å². The lowest BCUT2D eigenvalue weighted by Crippen LogP contribution is -2.35. The zero-order valence-corrected chi connectivity index (χ0v) is 13.3. The van der Waals surface area contributed by atoms with E-state index in [4.69, 9.17) is 4.42 Å². The van der Waals surface area contributed by atoms with Crippen molar-refractivity contribution in [3.05, 3.63) is 22.0 Å². The molecule has 0 saturated heterocycles. The fraction of sp³-hybridized carbons (Fsp3) is 0.615. The van der Waals surface area contributed by atoms with E-state index >= 15 is 0 Å². The number of nitrogens with zero attached hydrogens (tertiary/aromatic N) is 3. The van der Waals surface area contributed by atoms with Gasteiger partial charge in [-0.15, -0.1) is 16.4 Å². The van der Waals surface area contributed by atoms with Crippen LogP contribution in [0.4, 0.5) is 6.01 Å². The first-order valence-corrected chi connectivity index (χ1v) is 7.47. The summed E-state index contributed by atoms with van der Waals surface area (Å²) in [6.45, 7) is 10.8. The summed E-state index contributed by atoms with van der Waals surface area (Å²) < 4.78 is 5.56. The predicted molar refractivity (Wildman–Crippen MR) is 79.8 cm³/mol. The summed E-state index contributed by atoms with van der Waals surface area (Å²) in [5.41, 5.74) is 1.05. The van der Waals surface area contributed by atoms with E-state index in [1.54, 1.807) is 11.3 Å². The van der Waals surface area contributed by atoms with E-state index in [9.17, 15) is 0 Å². The minimum atomic E-state index is 0.0216. The molecule has 1 atom stereocenters. The quantitative estimate of drug-likeness (QED) is 0.883. The second kappa shape index (κ2) is 5.88. The van der Waals surface area contributed by atoms with Crippen LogP contribution >= 0.6 is 11.3 Å². The number of aryl methyl sites for hydroxylation is 1. The maximum absolute atomic E-state index is 5.56. The van der Waals surface area contributed by atoms with Crippen LogP contribution in [0.25, 0.3) is 0 Å². The van der Waals surface area contributed by atoms with Gasteiger partial charge in [-0.05, 0) is 34.6 Å². The van der Waals surface area contributed by atoms with Crippen molar-refractivity contribution in [3.8, 4) is 0 Å². The van der Waals surface area contributed by atoms with Gasteiger partial charge in [-0.2, -0.15) is 0 Å².